The molecule has 21 heavy (non-hydrogen) atoms. The Morgan fingerprint density at radius 1 is 1.38 bits per heavy atom. The van der Waals surface area contributed by atoms with Crippen LogP contribution in [0.1, 0.15) is 43.6 Å². The number of urea groups is 1. The lowest BCUT2D eigenvalue weighted by molar-refractivity contribution is -0.138. The highest BCUT2D eigenvalue weighted by atomic mass is 16.4. The Balaban J connectivity index is 1.89. The smallest absolute Gasteiger partial charge is 0.315 e. The molecule has 0 bridgehead atoms. The number of aryl methyl sites for hydroxylation is 1. The van der Waals surface area contributed by atoms with Gasteiger partial charge < -0.3 is 15.7 Å². The van der Waals surface area contributed by atoms with Gasteiger partial charge >= 0.3 is 12.0 Å². The molecular weight excluding hydrogens is 272 g/mol. The van der Waals surface area contributed by atoms with Gasteiger partial charge in [0.05, 0.1) is 24.2 Å². The van der Waals surface area contributed by atoms with Crippen molar-refractivity contribution in [3.05, 3.63) is 23.8 Å². The lowest BCUT2D eigenvalue weighted by atomic mass is 9.93. The van der Waals surface area contributed by atoms with Crippen molar-refractivity contribution >= 4 is 12.0 Å². The zero-order chi connectivity index (χ0) is 15.3. The van der Waals surface area contributed by atoms with Crippen molar-refractivity contribution in [1.29, 1.82) is 0 Å². The van der Waals surface area contributed by atoms with Crippen molar-refractivity contribution in [2.24, 2.45) is 0 Å². The number of rotatable bonds is 5. The fourth-order valence-electron chi connectivity index (χ4n) is 2.75. The molecule has 0 atom stereocenters. The minimum absolute atomic E-state index is 0.0347. The quantitative estimate of drug-likeness (QED) is 0.760. The predicted molar refractivity (Wildman–Crippen MR) is 75.6 cm³/mol. The van der Waals surface area contributed by atoms with Crippen molar-refractivity contribution in [2.45, 2.75) is 51.1 Å². The summed E-state index contributed by atoms with van der Waals surface area (Å²) in [7, 11) is 0. The molecule has 1 aliphatic rings. The molecule has 2 amide bonds. The first-order valence-corrected chi connectivity index (χ1v) is 7.05. The molecule has 114 valence electrons. The highest BCUT2D eigenvalue weighted by Crippen LogP contribution is 2.32. The second-order valence-electron chi connectivity index (χ2n) is 5.46. The molecule has 7 nitrogen and oxygen atoms in total. The van der Waals surface area contributed by atoms with Gasteiger partial charge in [0, 0.05) is 6.20 Å². The molecule has 0 radical (unpaired) electrons. The number of carbonyl (C=O) groups excluding carboxylic acids is 1. The average Bonchev–Trinajstić information content (AvgIpc) is 2.83. The van der Waals surface area contributed by atoms with E-state index >= 15 is 0 Å². The van der Waals surface area contributed by atoms with E-state index in [9.17, 15) is 9.59 Å². The van der Waals surface area contributed by atoms with Crippen LogP contribution >= 0.6 is 0 Å². The molecule has 0 saturated heterocycles. The summed E-state index contributed by atoms with van der Waals surface area (Å²) in [6, 6.07) is 1.38. The van der Waals surface area contributed by atoms with Crippen molar-refractivity contribution < 1.29 is 14.7 Å². The van der Waals surface area contributed by atoms with Crippen molar-refractivity contribution in [1.82, 2.24) is 20.6 Å². The van der Waals surface area contributed by atoms with Gasteiger partial charge in [-0.3, -0.25) is 4.79 Å². The Bertz CT molecular complexity index is 527. The number of nitrogens with one attached hydrogen (secondary N) is 2. The topological polar surface area (TPSA) is 104 Å². The summed E-state index contributed by atoms with van der Waals surface area (Å²) in [6.45, 7) is 2.07. The summed E-state index contributed by atoms with van der Waals surface area (Å²) in [5.41, 5.74) is 0.105. The van der Waals surface area contributed by atoms with Crippen LogP contribution in [0, 0.1) is 6.92 Å². The molecule has 1 fully saturated rings. The minimum atomic E-state index is -0.886. The van der Waals surface area contributed by atoms with E-state index in [-0.39, 0.29) is 12.5 Å². The van der Waals surface area contributed by atoms with Crippen LogP contribution in [0.3, 0.4) is 0 Å². The lowest BCUT2D eigenvalue weighted by Crippen LogP contribution is -2.51. The summed E-state index contributed by atoms with van der Waals surface area (Å²) in [4.78, 5) is 31.1. The standard InChI is InChI=1S/C14H20N4O3/c1-10-15-7-4-11(17-10)9-16-13(21)18-14(8-12(19)20)5-2-3-6-14/h4,7H,2-3,5-6,8-9H2,1H3,(H,19,20)(H2,16,18,21). The number of amides is 2. The van der Waals surface area contributed by atoms with Crippen molar-refractivity contribution in [2.75, 3.05) is 0 Å². The van der Waals surface area contributed by atoms with Crippen LogP contribution < -0.4 is 10.6 Å². The third-order valence-electron chi connectivity index (χ3n) is 3.69. The Labute approximate surface area is 123 Å². The van der Waals surface area contributed by atoms with E-state index in [2.05, 4.69) is 20.6 Å². The maximum atomic E-state index is 12.0. The highest BCUT2D eigenvalue weighted by molar-refractivity contribution is 5.76. The Hall–Kier alpha value is -2.18. The summed E-state index contributed by atoms with van der Waals surface area (Å²) in [5.74, 6) is -0.239. The van der Waals surface area contributed by atoms with E-state index in [4.69, 9.17) is 5.11 Å². The fourth-order valence-corrected chi connectivity index (χ4v) is 2.75. The van der Waals surface area contributed by atoms with Gasteiger partial charge in [0.25, 0.3) is 0 Å². The molecule has 1 aromatic heterocycles. The molecule has 1 saturated carbocycles. The number of aliphatic carboxylic acids is 1. The van der Waals surface area contributed by atoms with Crippen molar-refractivity contribution in [3.8, 4) is 0 Å². The third kappa shape index (κ3) is 4.40. The van der Waals surface area contributed by atoms with Crippen LogP contribution in [0.15, 0.2) is 12.3 Å². The first-order valence-electron chi connectivity index (χ1n) is 7.05. The van der Waals surface area contributed by atoms with Gasteiger partial charge in [0.2, 0.25) is 0 Å². The van der Waals surface area contributed by atoms with E-state index in [0.717, 1.165) is 18.5 Å². The summed E-state index contributed by atoms with van der Waals surface area (Å²) in [6.07, 6.45) is 4.91. The van der Waals surface area contributed by atoms with Gasteiger partial charge in [-0.2, -0.15) is 0 Å². The average molecular weight is 292 g/mol. The first kappa shape index (κ1) is 15.2. The lowest BCUT2D eigenvalue weighted by Gasteiger charge is -2.28. The Morgan fingerprint density at radius 3 is 2.71 bits per heavy atom. The maximum Gasteiger partial charge on any atom is 0.315 e. The number of carbonyl (C=O) groups is 2. The van der Waals surface area contributed by atoms with Crippen LogP contribution in [0.2, 0.25) is 0 Å². The summed E-state index contributed by atoms with van der Waals surface area (Å²) in [5, 5.41) is 14.6. The molecule has 0 aromatic carbocycles. The highest BCUT2D eigenvalue weighted by Gasteiger charge is 2.37. The Kier molecular flexibility index (Phi) is 4.72. The zero-order valence-electron chi connectivity index (χ0n) is 12.1. The van der Waals surface area contributed by atoms with Gasteiger partial charge in [-0.25, -0.2) is 14.8 Å². The second kappa shape index (κ2) is 6.51. The molecule has 0 unspecified atom stereocenters. The predicted octanol–water partition coefficient (Wildman–Crippen LogP) is 1.37. The molecule has 1 heterocycles. The molecule has 3 N–H and O–H groups in total. The number of hydrogen-bond donors (Lipinski definition) is 3. The van der Waals surface area contributed by atoms with Crippen LogP contribution in [-0.2, 0) is 11.3 Å². The SMILES string of the molecule is Cc1nccc(CNC(=O)NC2(CC(=O)O)CCCC2)n1. The first-order chi connectivity index (χ1) is 9.99. The summed E-state index contributed by atoms with van der Waals surface area (Å²) >= 11 is 0. The van der Waals surface area contributed by atoms with E-state index in [1.165, 1.54) is 0 Å². The Morgan fingerprint density at radius 2 is 2.10 bits per heavy atom. The monoisotopic (exact) mass is 292 g/mol. The molecule has 0 spiro atoms. The van der Waals surface area contributed by atoms with E-state index in [1.807, 2.05) is 0 Å². The van der Waals surface area contributed by atoms with E-state index in [1.54, 1.807) is 19.2 Å². The molecule has 1 aliphatic carbocycles. The van der Waals surface area contributed by atoms with Gasteiger partial charge in [-0.1, -0.05) is 12.8 Å². The normalized spacial score (nSPS) is 16.4. The second-order valence-corrected chi connectivity index (χ2v) is 5.46. The fraction of sp³-hybridized carbons (Fsp3) is 0.571. The molecular formula is C14H20N4O3. The van der Waals surface area contributed by atoms with Crippen LogP contribution in [-0.4, -0.2) is 32.6 Å². The van der Waals surface area contributed by atoms with Gasteiger partial charge in [-0.05, 0) is 25.8 Å². The molecule has 0 aliphatic heterocycles. The number of aromatic nitrogens is 2. The number of hydrogen-bond acceptors (Lipinski definition) is 4. The van der Waals surface area contributed by atoms with Gasteiger partial charge in [0.15, 0.2) is 0 Å². The number of carboxylic acids is 1. The largest absolute Gasteiger partial charge is 0.481 e. The number of carboxylic acid groups (broad SMARTS) is 1. The summed E-state index contributed by atoms with van der Waals surface area (Å²) < 4.78 is 0. The van der Waals surface area contributed by atoms with Crippen LogP contribution in [0.5, 0.6) is 0 Å². The zero-order valence-corrected chi connectivity index (χ0v) is 12.1. The molecule has 2 rings (SSSR count). The van der Waals surface area contributed by atoms with Gasteiger partial charge in [0.1, 0.15) is 5.82 Å². The molecule has 7 heteroatoms. The van der Waals surface area contributed by atoms with E-state index < -0.39 is 11.5 Å². The van der Waals surface area contributed by atoms with Crippen LogP contribution in [0.25, 0.3) is 0 Å². The van der Waals surface area contributed by atoms with E-state index in [0.29, 0.717) is 25.2 Å². The van der Waals surface area contributed by atoms with Crippen LogP contribution in [0.4, 0.5) is 4.79 Å². The number of nitrogens with zero attached hydrogens (tertiary/aromatic N) is 2. The minimum Gasteiger partial charge on any atom is -0.481 e. The van der Waals surface area contributed by atoms with Gasteiger partial charge in [-0.15, -0.1) is 0 Å². The van der Waals surface area contributed by atoms with Crippen molar-refractivity contribution in [3.63, 3.8) is 0 Å². The molecule has 1 aromatic rings. The third-order valence-corrected chi connectivity index (χ3v) is 3.69. The maximum absolute atomic E-state index is 12.0.